The lowest BCUT2D eigenvalue weighted by Gasteiger charge is -2.19. The molecular weight excluding hydrogens is 250 g/mol. The summed E-state index contributed by atoms with van der Waals surface area (Å²) in [7, 11) is 1.94. The van der Waals surface area contributed by atoms with Crippen molar-refractivity contribution in [2.45, 2.75) is 31.7 Å². The summed E-state index contributed by atoms with van der Waals surface area (Å²) in [6.45, 7) is 2.06. The lowest BCUT2D eigenvalue weighted by Crippen LogP contribution is -2.30. The van der Waals surface area contributed by atoms with Crippen molar-refractivity contribution in [2.75, 3.05) is 0 Å². The lowest BCUT2D eigenvalue weighted by atomic mass is 9.89. The highest BCUT2D eigenvalue weighted by atomic mass is 16.2. The summed E-state index contributed by atoms with van der Waals surface area (Å²) in [5.41, 5.74) is 3.59. The second-order valence-electron chi connectivity index (χ2n) is 5.48. The lowest BCUT2D eigenvalue weighted by molar-refractivity contribution is -0.119. The Hall–Kier alpha value is -2.10. The van der Waals surface area contributed by atoms with Crippen LogP contribution in [0.5, 0.6) is 0 Å². The maximum atomic E-state index is 11.8. The Morgan fingerprint density at radius 3 is 2.75 bits per heavy atom. The number of carbonyl (C=O) groups is 1. The number of benzene rings is 1. The Bertz CT molecular complexity index is 618. The first kappa shape index (κ1) is 12.9. The molecule has 1 aromatic heterocycles. The molecule has 1 aliphatic rings. The second-order valence-corrected chi connectivity index (χ2v) is 5.48. The highest BCUT2D eigenvalue weighted by Crippen LogP contribution is 2.32. The number of amides is 1. The fraction of sp³-hybridized carbons (Fsp3) is 0.375. The van der Waals surface area contributed by atoms with Crippen LogP contribution in [0.2, 0.25) is 0 Å². The fourth-order valence-electron chi connectivity index (χ4n) is 2.98. The van der Waals surface area contributed by atoms with Crippen molar-refractivity contribution < 1.29 is 4.79 Å². The number of hydrogen-bond donors (Lipinski definition) is 1. The van der Waals surface area contributed by atoms with Crippen molar-refractivity contribution in [1.82, 2.24) is 15.1 Å². The van der Waals surface area contributed by atoms with E-state index in [0.29, 0.717) is 6.42 Å². The summed E-state index contributed by atoms with van der Waals surface area (Å²) < 4.78 is 1.87. The zero-order valence-electron chi connectivity index (χ0n) is 11.8. The molecule has 4 nitrogen and oxygen atoms in total. The molecule has 0 radical (unpaired) electrons. The molecule has 0 bridgehead atoms. The normalized spacial score (nSPS) is 22.0. The van der Waals surface area contributed by atoms with Crippen LogP contribution in [-0.2, 0) is 18.3 Å². The molecule has 4 heteroatoms. The van der Waals surface area contributed by atoms with Gasteiger partial charge in [0, 0.05) is 31.1 Å². The van der Waals surface area contributed by atoms with Crippen molar-refractivity contribution in [2.24, 2.45) is 7.05 Å². The van der Waals surface area contributed by atoms with Gasteiger partial charge in [-0.1, -0.05) is 30.3 Å². The molecule has 2 atom stereocenters. The minimum absolute atomic E-state index is 0.138. The van der Waals surface area contributed by atoms with E-state index >= 15 is 0 Å². The van der Waals surface area contributed by atoms with Gasteiger partial charge in [-0.2, -0.15) is 5.10 Å². The number of nitrogens with one attached hydrogen (secondary N) is 1. The van der Waals surface area contributed by atoms with Gasteiger partial charge < -0.3 is 5.32 Å². The molecule has 0 saturated carbocycles. The minimum Gasteiger partial charge on any atom is -0.352 e. The van der Waals surface area contributed by atoms with Gasteiger partial charge in [-0.3, -0.25) is 9.48 Å². The van der Waals surface area contributed by atoms with Crippen LogP contribution in [0.25, 0.3) is 0 Å². The van der Waals surface area contributed by atoms with Crippen LogP contribution < -0.4 is 5.32 Å². The second kappa shape index (κ2) is 5.12. The molecular formula is C16H19N3O. The average Bonchev–Trinajstić information content (AvgIpc) is 2.95. The molecule has 1 aliphatic heterocycles. The molecule has 1 fully saturated rings. The zero-order chi connectivity index (χ0) is 14.1. The Balaban J connectivity index is 1.85. The molecule has 2 aromatic rings. The molecule has 0 aliphatic carbocycles. The summed E-state index contributed by atoms with van der Waals surface area (Å²) in [4.78, 5) is 11.8. The first-order valence-electron chi connectivity index (χ1n) is 6.97. The van der Waals surface area contributed by atoms with Gasteiger partial charge in [0.05, 0.1) is 6.20 Å². The first-order chi connectivity index (χ1) is 9.65. The predicted octanol–water partition coefficient (Wildman–Crippen LogP) is 1.94. The molecule has 1 N–H and O–H groups in total. The Labute approximate surface area is 118 Å². The molecule has 20 heavy (non-hydrogen) atoms. The highest BCUT2D eigenvalue weighted by Gasteiger charge is 2.35. The smallest absolute Gasteiger partial charge is 0.220 e. The van der Waals surface area contributed by atoms with E-state index in [0.717, 1.165) is 12.1 Å². The fourth-order valence-corrected chi connectivity index (χ4v) is 2.98. The maximum absolute atomic E-state index is 11.8. The van der Waals surface area contributed by atoms with Crippen LogP contribution in [0.1, 0.15) is 29.2 Å². The largest absolute Gasteiger partial charge is 0.352 e. The first-order valence-corrected chi connectivity index (χ1v) is 6.97. The van der Waals surface area contributed by atoms with E-state index in [1.165, 1.54) is 11.1 Å². The van der Waals surface area contributed by atoms with Crippen molar-refractivity contribution in [3.63, 3.8) is 0 Å². The van der Waals surface area contributed by atoms with Crippen molar-refractivity contribution in [3.05, 3.63) is 53.3 Å². The van der Waals surface area contributed by atoms with Gasteiger partial charge in [-0.15, -0.1) is 0 Å². The van der Waals surface area contributed by atoms with Gasteiger partial charge in [-0.25, -0.2) is 0 Å². The summed E-state index contributed by atoms with van der Waals surface area (Å²) >= 11 is 0. The van der Waals surface area contributed by atoms with Gasteiger partial charge in [-0.05, 0) is 24.5 Å². The van der Waals surface area contributed by atoms with Crippen LogP contribution >= 0.6 is 0 Å². The van der Waals surface area contributed by atoms with Gasteiger partial charge in [0.15, 0.2) is 0 Å². The number of carbonyl (C=O) groups excluding carboxylic acids is 1. The van der Waals surface area contributed by atoms with E-state index < -0.39 is 0 Å². The monoisotopic (exact) mass is 269 g/mol. The number of aromatic nitrogens is 2. The molecule has 2 unspecified atom stereocenters. The molecule has 2 heterocycles. The Morgan fingerprint density at radius 1 is 1.35 bits per heavy atom. The molecule has 1 saturated heterocycles. The van der Waals surface area contributed by atoms with Gasteiger partial charge in [0.1, 0.15) is 0 Å². The quantitative estimate of drug-likeness (QED) is 0.925. The number of nitrogens with zero attached hydrogens (tertiary/aromatic N) is 2. The summed E-state index contributed by atoms with van der Waals surface area (Å²) in [5, 5.41) is 7.42. The van der Waals surface area contributed by atoms with Crippen LogP contribution in [0.15, 0.2) is 36.5 Å². The minimum atomic E-state index is 0.138. The number of hydrogen-bond acceptors (Lipinski definition) is 2. The van der Waals surface area contributed by atoms with Crippen LogP contribution in [0, 0.1) is 6.92 Å². The topological polar surface area (TPSA) is 46.9 Å². The summed E-state index contributed by atoms with van der Waals surface area (Å²) in [5.74, 6) is 0.357. The maximum Gasteiger partial charge on any atom is 0.220 e. The van der Waals surface area contributed by atoms with Crippen molar-refractivity contribution in [1.29, 1.82) is 0 Å². The van der Waals surface area contributed by atoms with E-state index in [-0.39, 0.29) is 17.9 Å². The van der Waals surface area contributed by atoms with E-state index in [4.69, 9.17) is 0 Å². The highest BCUT2D eigenvalue weighted by molar-refractivity contribution is 5.80. The predicted molar refractivity (Wildman–Crippen MR) is 77.4 cm³/mol. The average molecular weight is 269 g/mol. The number of rotatable bonds is 3. The van der Waals surface area contributed by atoms with Gasteiger partial charge >= 0.3 is 0 Å². The van der Waals surface area contributed by atoms with Crippen molar-refractivity contribution >= 4 is 5.91 Å². The van der Waals surface area contributed by atoms with Gasteiger partial charge in [0.25, 0.3) is 0 Å². The van der Waals surface area contributed by atoms with E-state index in [9.17, 15) is 4.79 Å². The van der Waals surface area contributed by atoms with Crippen molar-refractivity contribution in [3.8, 4) is 0 Å². The third kappa shape index (κ3) is 2.33. The van der Waals surface area contributed by atoms with E-state index in [1.807, 2.05) is 36.1 Å². The summed E-state index contributed by atoms with van der Waals surface area (Å²) in [6.07, 6.45) is 3.33. The molecule has 0 spiro atoms. The van der Waals surface area contributed by atoms with E-state index in [1.54, 1.807) is 0 Å². The van der Waals surface area contributed by atoms with Crippen LogP contribution in [0.4, 0.5) is 0 Å². The molecule has 104 valence electrons. The van der Waals surface area contributed by atoms with Crippen LogP contribution in [-0.4, -0.2) is 21.7 Å². The molecule has 1 amide bonds. The summed E-state index contributed by atoms with van der Waals surface area (Å²) in [6, 6.07) is 10.5. The molecule has 3 rings (SSSR count). The third-order valence-electron chi connectivity index (χ3n) is 4.21. The Kier molecular flexibility index (Phi) is 3.30. The van der Waals surface area contributed by atoms with Crippen LogP contribution in [0.3, 0.4) is 0 Å². The third-order valence-corrected chi connectivity index (χ3v) is 4.21. The zero-order valence-corrected chi connectivity index (χ0v) is 11.8. The Morgan fingerprint density at radius 2 is 2.10 bits per heavy atom. The standard InChI is InChI=1S/C16H19N3O/c1-11-14(10-17-19(11)2)13-9-16(20)18-15(13)8-12-6-4-3-5-7-12/h3-7,10,13,15H,8-9H2,1-2H3,(H,18,20). The SMILES string of the molecule is Cc1c(C2CC(=O)NC2Cc2ccccc2)cnn1C. The van der Waals surface area contributed by atoms with Gasteiger partial charge in [0.2, 0.25) is 5.91 Å². The molecule has 1 aromatic carbocycles. The van der Waals surface area contributed by atoms with E-state index in [2.05, 4.69) is 29.5 Å². The number of aryl methyl sites for hydroxylation is 1.